The molecule has 1 rings (SSSR count). The third-order valence-corrected chi connectivity index (χ3v) is 3.32. The molecule has 1 aromatic rings. The van der Waals surface area contributed by atoms with Crippen molar-refractivity contribution in [1.29, 1.82) is 0 Å². The Morgan fingerprint density at radius 1 is 1.42 bits per heavy atom. The molecule has 0 aliphatic carbocycles. The van der Waals surface area contributed by atoms with E-state index in [1.54, 1.807) is 25.8 Å². The number of hydrogen-bond donors (Lipinski definition) is 1. The van der Waals surface area contributed by atoms with Gasteiger partial charge in [0.1, 0.15) is 0 Å². The first-order valence-electron chi connectivity index (χ1n) is 6.40. The Bertz CT molecular complexity index is 452. The van der Waals surface area contributed by atoms with Crippen LogP contribution in [0.5, 0.6) is 0 Å². The van der Waals surface area contributed by atoms with Gasteiger partial charge in [0.2, 0.25) is 5.91 Å². The minimum Gasteiger partial charge on any atom is -0.389 e. The summed E-state index contributed by atoms with van der Waals surface area (Å²) in [6, 6.07) is 5.85. The van der Waals surface area contributed by atoms with Gasteiger partial charge in [0, 0.05) is 25.0 Å². The van der Waals surface area contributed by atoms with Gasteiger partial charge in [-0.2, -0.15) is 0 Å². The molecule has 0 heterocycles. The van der Waals surface area contributed by atoms with Gasteiger partial charge in [0.05, 0.1) is 5.60 Å². The topological polar surface area (TPSA) is 40.5 Å². The summed E-state index contributed by atoms with van der Waals surface area (Å²) >= 11 is 6.05. The van der Waals surface area contributed by atoms with Gasteiger partial charge in [-0.15, -0.1) is 0 Å². The molecule has 3 nitrogen and oxygen atoms in total. The molecule has 1 aromatic carbocycles. The molecule has 1 N–H and O–H groups in total. The van der Waals surface area contributed by atoms with E-state index in [1.807, 2.05) is 25.1 Å². The SMILES string of the molecule is Cc1ccc(CCC(=O)N(C)CC(C)(C)O)cc1Cl. The standard InChI is InChI=1S/C15H22ClNO2/c1-11-5-6-12(9-13(11)16)7-8-14(18)17(4)10-15(2,3)19/h5-6,9,19H,7-8,10H2,1-4H3. The highest BCUT2D eigenvalue weighted by Crippen LogP contribution is 2.18. The minimum absolute atomic E-state index is 0.0267. The largest absolute Gasteiger partial charge is 0.389 e. The second kappa shape index (κ2) is 6.40. The van der Waals surface area contributed by atoms with E-state index in [0.29, 0.717) is 19.4 Å². The summed E-state index contributed by atoms with van der Waals surface area (Å²) in [7, 11) is 1.71. The monoisotopic (exact) mass is 283 g/mol. The Morgan fingerprint density at radius 3 is 2.58 bits per heavy atom. The Balaban J connectivity index is 2.52. The molecule has 1 amide bonds. The van der Waals surface area contributed by atoms with Crippen molar-refractivity contribution >= 4 is 17.5 Å². The van der Waals surface area contributed by atoms with Crippen LogP contribution >= 0.6 is 11.6 Å². The third-order valence-electron chi connectivity index (χ3n) is 2.91. The summed E-state index contributed by atoms with van der Waals surface area (Å²) in [5, 5.41) is 10.4. The Hall–Kier alpha value is -1.06. The summed E-state index contributed by atoms with van der Waals surface area (Å²) < 4.78 is 0. The highest BCUT2D eigenvalue weighted by Gasteiger charge is 2.19. The molecule has 0 spiro atoms. The number of amides is 1. The molecule has 19 heavy (non-hydrogen) atoms. The molecule has 106 valence electrons. The predicted molar refractivity (Wildman–Crippen MR) is 78.4 cm³/mol. The van der Waals surface area contributed by atoms with E-state index in [9.17, 15) is 9.90 Å². The fourth-order valence-electron chi connectivity index (χ4n) is 1.90. The maximum Gasteiger partial charge on any atom is 0.222 e. The average Bonchev–Trinajstić information content (AvgIpc) is 2.28. The molecular weight excluding hydrogens is 262 g/mol. The maximum absolute atomic E-state index is 11.9. The van der Waals surface area contributed by atoms with Crippen molar-refractivity contribution in [1.82, 2.24) is 4.90 Å². The van der Waals surface area contributed by atoms with Gasteiger partial charge in [-0.3, -0.25) is 4.79 Å². The predicted octanol–water partition coefficient (Wildman–Crippen LogP) is 2.81. The molecule has 0 unspecified atom stereocenters. The van der Waals surface area contributed by atoms with Gasteiger partial charge in [-0.05, 0) is 44.4 Å². The molecule has 0 atom stereocenters. The number of rotatable bonds is 5. The van der Waals surface area contributed by atoms with Crippen LogP contribution in [0, 0.1) is 6.92 Å². The minimum atomic E-state index is -0.864. The Kier molecular flexibility index (Phi) is 5.39. The lowest BCUT2D eigenvalue weighted by atomic mass is 10.1. The highest BCUT2D eigenvalue weighted by molar-refractivity contribution is 6.31. The normalized spacial score (nSPS) is 11.5. The van der Waals surface area contributed by atoms with Crippen molar-refractivity contribution in [3.05, 3.63) is 34.3 Å². The van der Waals surface area contributed by atoms with Gasteiger partial charge in [-0.25, -0.2) is 0 Å². The lowest BCUT2D eigenvalue weighted by Gasteiger charge is -2.25. The summed E-state index contributed by atoms with van der Waals surface area (Å²) in [4.78, 5) is 13.5. The van der Waals surface area contributed by atoms with Crippen LogP contribution in [0.2, 0.25) is 5.02 Å². The van der Waals surface area contributed by atoms with E-state index in [-0.39, 0.29) is 5.91 Å². The number of carbonyl (C=O) groups is 1. The first-order valence-corrected chi connectivity index (χ1v) is 6.78. The second-order valence-corrected chi connectivity index (χ2v) is 6.05. The van der Waals surface area contributed by atoms with Gasteiger partial charge in [0.15, 0.2) is 0 Å². The lowest BCUT2D eigenvalue weighted by molar-refractivity contribution is -0.132. The summed E-state index contributed by atoms with van der Waals surface area (Å²) in [6.07, 6.45) is 1.08. The number of carbonyl (C=O) groups excluding carboxylic acids is 1. The van der Waals surface area contributed by atoms with E-state index < -0.39 is 5.60 Å². The van der Waals surface area contributed by atoms with E-state index in [1.165, 1.54) is 0 Å². The van der Waals surface area contributed by atoms with Crippen LogP contribution in [-0.2, 0) is 11.2 Å². The number of aliphatic hydroxyl groups is 1. The zero-order chi connectivity index (χ0) is 14.6. The number of aryl methyl sites for hydroxylation is 2. The molecular formula is C15H22ClNO2. The van der Waals surface area contributed by atoms with E-state index in [2.05, 4.69) is 0 Å². The molecule has 0 fully saturated rings. The van der Waals surface area contributed by atoms with Gasteiger partial charge >= 0.3 is 0 Å². The maximum atomic E-state index is 11.9. The van der Waals surface area contributed by atoms with Crippen molar-refractivity contribution in [2.45, 2.75) is 39.2 Å². The van der Waals surface area contributed by atoms with E-state index in [4.69, 9.17) is 11.6 Å². The highest BCUT2D eigenvalue weighted by atomic mass is 35.5. The number of halogens is 1. The van der Waals surface area contributed by atoms with Crippen LogP contribution in [0.4, 0.5) is 0 Å². The molecule has 0 aromatic heterocycles. The third kappa shape index (κ3) is 5.62. The van der Waals surface area contributed by atoms with Crippen LogP contribution in [-0.4, -0.2) is 35.1 Å². The number of hydrogen-bond acceptors (Lipinski definition) is 2. The van der Waals surface area contributed by atoms with Crippen LogP contribution < -0.4 is 0 Å². The van der Waals surface area contributed by atoms with Crippen molar-refractivity contribution in [3.63, 3.8) is 0 Å². The van der Waals surface area contributed by atoms with Gasteiger partial charge < -0.3 is 10.0 Å². The summed E-state index contributed by atoms with van der Waals surface area (Å²) in [5.41, 5.74) is 1.23. The number of likely N-dealkylation sites (N-methyl/N-ethyl adjacent to an activating group) is 1. The summed E-state index contributed by atoms with van der Waals surface area (Å²) in [5.74, 6) is 0.0267. The second-order valence-electron chi connectivity index (χ2n) is 5.65. The zero-order valence-corrected chi connectivity index (χ0v) is 12.8. The Morgan fingerprint density at radius 2 is 2.05 bits per heavy atom. The fraction of sp³-hybridized carbons (Fsp3) is 0.533. The van der Waals surface area contributed by atoms with Crippen molar-refractivity contribution in [2.24, 2.45) is 0 Å². The molecule has 0 saturated heterocycles. The first kappa shape index (κ1) is 16.0. The fourth-order valence-corrected chi connectivity index (χ4v) is 2.11. The molecule has 0 aliphatic rings. The van der Waals surface area contributed by atoms with E-state index >= 15 is 0 Å². The molecule has 0 aliphatic heterocycles. The van der Waals surface area contributed by atoms with Crippen LogP contribution in [0.1, 0.15) is 31.4 Å². The van der Waals surface area contributed by atoms with Crippen LogP contribution in [0.15, 0.2) is 18.2 Å². The molecule has 0 radical (unpaired) electrons. The zero-order valence-electron chi connectivity index (χ0n) is 12.0. The van der Waals surface area contributed by atoms with Crippen LogP contribution in [0.25, 0.3) is 0 Å². The average molecular weight is 284 g/mol. The van der Waals surface area contributed by atoms with Gasteiger partial charge in [0.25, 0.3) is 0 Å². The molecule has 0 bridgehead atoms. The van der Waals surface area contributed by atoms with Gasteiger partial charge in [-0.1, -0.05) is 23.7 Å². The quantitative estimate of drug-likeness (QED) is 0.903. The van der Waals surface area contributed by atoms with Crippen molar-refractivity contribution in [2.75, 3.05) is 13.6 Å². The molecule has 0 saturated carbocycles. The van der Waals surface area contributed by atoms with Crippen molar-refractivity contribution in [3.8, 4) is 0 Å². The smallest absolute Gasteiger partial charge is 0.222 e. The number of nitrogens with zero attached hydrogens (tertiary/aromatic N) is 1. The van der Waals surface area contributed by atoms with Crippen LogP contribution in [0.3, 0.4) is 0 Å². The Labute approximate surface area is 120 Å². The van der Waals surface area contributed by atoms with E-state index in [0.717, 1.165) is 16.1 Å². The summed E-state index contributed by atoms with van der Waals surface area (Å²) in [6.45, 7) is 5.67. The number of benzene rings is 1. The first-order chi connectivity index (χ1) is 8.69. The van der Waals surface area contributed by atoms with Crippen molar-refractivity contribution < 1.29 is 9.90 Å². The lowest BCUT2D eigenvalue weighted by Crippen LogP contribution is -2.39. The molecule has 4 heteroatoms.